The van der Waals surface area contributed by atoms with Crippen LogP contribution in [0.15, 0.2) is 28.7 Å². The Kier molecular flexibility index (Phi) is 3.38. The highest BCUT2D eigenvalue weighted by molar-refractivity contribution is 9.10. The predicted molar refractivity (Wildman–Crippen MR) is 67.9 cm³/mol. The molecule has 0 aromatic heterocycles. The molecule has 0 aliphatic heterocycles. The van der Waals surface area contributed by atoms with Crippen molar-refractivity contribution in [3.63, 3.8) is 0 Å². The van der Waals surface area contributed by atoms with Crippen molar-refractivity contribution in [2.75, 3.05) is 6.61 Å². The van der Waals surface area contributed by atoms with Gasteiger partial charge in [0.1, 0.15) is 0 Å². The summed E-state index contributed by atoms with van der Waals surface area (Å²) in [5.74, 6) is -1.12. The van der Waals surface area contributed by atoms with E-state index in [0.29, 0.717) is 0 Å². The fourth-order valence-corrected chi connectivity index (χ4v) is 2.36. The summed E-state index contributed by atoms with van der Waals surface area (Å²) >= 11 is 3.30. The number of hydrogen-bond acceptors (Lipinski definition) is 4. The summed E-state index contributed by atoms with van der Waals surface area (Å²) in [7, 11) is 0. The molecule has 0 spiro atoms. The molecular weight excluding hydrogens is 302 g/mol. The zero-order chi connectivity index (χ0) is 13.3. The molecule has 2 atom stereocenters. The number of halogens is 1. The van der Waals surface area contributed by atoms with Crippen LogP contribution in [0, 0.1) is 10.1 Å². The number of benzene rings is 1. The summed E-state index contributed by atoms with van der Waals surface area (Å²) in [5.41, 5.74) is -0.785. The molecule has 18 heavy (non-hydrogen) atoms. The smallest absolute Gasteiger partial charge is 0.385 e. The van der Waals surface area contributed by atoms with Crippen LogP contribution in [0.1, 0.15) is 24.8 Å². The van der Waals surface area contributed by atoms with E-state index in [-0.39, 0.29) is 18.9 Å². The van der Waals surface area contributed by atoms with Crippen LogP contribution in [-0.2, 0) is 9.53 Å². The Bertz CT molecular complexity index is 487. The van der Waals surface area contributed by atoms with E-state index in [1.165, 1.54) is 0 Å². The van der Waals surface area contributed by atoms with Gasteiger partial charge in [0.2, 0.25) is 0 Å². The van der Waals surface area contributed by atoms with Gasteiger partial charge in [0.15, 0.2) is 0 Å². The SMILES string of the molecule is CCOC(=O)[C@]1([N+](=O)[O-])C[C@H]1c1ccc(Br)cc1. The lowest BCUT2D eigenvalue weighted by Crippen LogP contribution is -2.35. The minimum atomic E-state index is -1.58. The summed E-state index contributed by atoms with van der Waals surface area (Å²) in [4.78, 5) is 22.4. The third kappa shape index (κ3) is 2.01. The monoisotopic (exact) mass is 313 g/mol. The number of hydrogen-bond donors (Lipinski definition) is 0. The van der Waals surface area contributed by atoms with Crippen molar-refractivity contribution < 1.29 is 14.5 Å². The van der Waals surface area contributed by atoms with Crippen LogP contribution in [0.25, 0.3) is 0 Å². The Labute approximate surface area is 112 Å². The van der Waals surface area contributed by atoms with E-state index in [0.717, 1.165) is 10.0 Å². The Morgan fingerprint density at radius 2 is 2.17 bits per heavy atom. The Hall–Kier alpha value is -1.43. The first kappa shape index (κ1) is 13.0. The second-order valence-electron chi connectivity index (χ2n) is 4.21. The molecule has 0 unspecified atom stereocenters. The fourth-order valence-electron chi connectivity index (χ4n) is 2.10. The summed E-state index contributed by atoms with van der Waals surface area (Å²) in [6.07, 6.45) is 0.209. The van der Waals surface area contributed by atoms with Crippen LogP contribution in [0.4, 0.5) is 0 Å². The third-order valence-corrected chi connectivity index (χ3v) is 3.69. The molecule has 1 aromatic carbocycles. The number of nitro groups is 1. The van der Waals surface area contributed by atoms with Gasteiger partial charge in [-0.05, 0) is 24.6 Å². The molecule has 0 saturated heterocycles. The number of carbonyl (C=O) groups excluding carboxylic acids is 1. The van der Waals surface area contributed by atoms with Gasteiger partial charge >= 0.3 is 11.5 Å². The maximum absolute atomic E-state index is 11.7. The quantitative estimate of drug-likeness (QED) is 0.486. The Morgan fingerprint density at radius 3 is 2.67 bits per heavy atom. The number of nitrogens with zero attached hydrogens (tertiary/aromatic N) is 1. The minimum Gasteiger partial charge on any atom is -0.461 e. The third-order valence-electron chi connectivity index (χ3n) is 3.16. The van der Waals surface area contributed by atoms with E-state index < -0.39 is 16.4 Å². The van der Waals surface area contributed by atoms with Crippen molar-refractivity contribution >= 4 is 21.9 Å². The average Bonchev–Trinajstić information content (AvgIpc) is 3.07. The predicted octanol–water partition coefficient (Wildman–Crippen LogP) is 2.52. The molecule has 6 heteroatoms. The average molecular weight is 314 g/mol. The van der Waals surface area contributed by atoms with Crippen molar-refractivity contribution in [2.24, 2.45) is 0 Å². The van der Waals surface area contributed by atoms with Crippen LogP contribution in [0.3, 0.4) is 0 Å². The lowest BCUT2D eigenvalue weighted by molar-refractivity contribution is -0.527. The van der Waals surface area contributed by atoms with Gasteiger partial charge < -0.3 is 4.74 Å². The molecule has 1 fully saturated rings. The van der Waals surface area contributed by atoms with Gasteiger partial charge in [0.05, 0.1) is 12.5 Å². The largest absolute Gasteiger partial charge is 0.461 e. The maximum Gasteiger partial charge on any atom is 0.385 e. The first-order chi connectivity index (χ1) is 8.52. The van der Waals surface area contributed by atoms with Crippen molar-refractivity contribution in [1.82, 2.24) is 0 Å². The molecule has 96 valence electrons. The van der Waals surface area contributed by atoms with E-state index in [4.69, 9.17) is 4.74 Å². The van der Waals surface area contributed by atoms with E-state index in [9.17, 15) is 14.9 Å². The van der Waals surface area contributed by atoms with Crippen LogP contribution < -0.4 is 0 Å². The summed E-state index contributed by atoms with van der Waals surface area (Å²) in [6, 6.07) is 7.20. The number of carbonyl (C=O) groups is 1. The lowest BCUT2D eigenvalue weighted by Gasteiger charge is -2.08. The van der Waals surface area contributed by atoms with Crippen molar-refractivity contribution in [1.29, 1.82) is 0 Å². The van der Waals surface area contributed by atoms with Gasteiger partial charge in [-0.3, -0.25) is 10.1 Å². The van der Waals surface area contributed by atoms with E-state index >= 15 is 0 Å². The maximum atomic E-state index is 11.7. The Balaban J connectivity index is 2.25. The topological polar surface area (TPSA) is 69.4 Å². The van der Waals surface area contributed by atoms with Crippen LogP contribution >= 0.6 is 15.9 Å². The van der Waals surface area contributed by atoms with Crippen molar-refractivity contribution in [3.8, 4) is 0 Å². The summed E-state index contributed by atoms with van der Waals surface area (Å²) in [6.45, 7) is 1.80. The highest BCUT2D eigenvalue weighted by atomic mass is 79.9. The second-order valence-corrected chi connectivity index (χ2v) is 5.13. The minimum absolute atomic E-state index is 0.154. The zero-order valence-corrected chi connectivity index (χ0v) is 11.3. The molecule has 1 aromatic rings. The van der Waals surface area contributed by atoms with Gasteiger partial charge in [-0.2, -0.15) is 0 Å². The van der Waals surface area contributed by atoms with E-state index in [2.05, 4.69) is 15.9 Å². The molecule has 1 aliphatic carbocycles. The van der Waals surface area contributed by atoms with Crippen LogP contribution in [0.5, 0.6) is 0 Å². The standard InChI is InChI=1S/C12H12BrNO4/c1-2-18-11(15)12(14(16)17)7-10(12)8-3-5-9(13)6-4-8/h3-6,10H,2,7H2,1H3/t10-,12-/m0/s1. The highest BCUT2D eigenvalue weighted by Gasteiger charge is 2.73. The number of rotatable bonds is 4. The zero-order valence-electron chi connectivity index (χ0n) is 9.76. The lowest BCUT2D eigenvalue weighted by atomic mass is 10.1. The summed E-state index contributed by atoms with van der Waals surface area (Å²) in [5, 5.41) is 11.1. The Morgan fingerprint density at radius 1 is 1.56 bits per heavy atom. The van der Waals surface area contributed by atoms with Gasteiger partial charge in [-0.15, -0.1) is 0 Å². The normalized spacial score (nSPS) is 25.6. The molecule has 1 saturated carbocycles. The molecule has 0 bridgehead atoms. The molecule has 1 aliphatic rings. The summed E-state index contributed by atoms with van der Waals surface area (Å²) < 4.78 is 5.71. The van der Waals surface area contributed by atoms with Crippen LogP contribution in [-0.4, -0.2) is 23.0 Å². The molecule has 0 heterocycles. The molecule has 5 nitrogen and oxygen atoms in total. The van der Waals surface area contributed by atoms with Gasteiger partial charge in [0, 0.05) is 15.8 Å². The molecule has 2 rings (SSSR count). The van der Waals surface area contributed by atoms with Gasteiger partial charge in [0.25, 0.3) is 0 Å². The van der Waals surface area contributed by atoms with Crippen molar-refractivity contribution in [2.45, 2.75) is 24.8 Å². The van der Waals surface area contributed by atoms with Gasteiger partial charge in [-0.1, -0.05) is 28.1 Å². The first-order valence-corrected chi connectivity index (χ1v) is 6.39. The van der Waals surface area contributed by atoms with Crippen molar-refractivity contribution in [3.05, 3.63) is 44.4 Å². The van der Waals surface area contributed by atoms with E-state index in [1.807, 2.05) is 12.1 Å². The first-order valence-electron chi connectivity index (χ1n) is 5.59. The number of esters is 1. The van der Waals surface area contributed by atoms with E-state index in [1.54, 1.807) is 19.1 Å². The highest BCUT2D eigenvalue weighted by Crippen LogP contribution is 2.54. The second kappa shape index (κ2) is 4.68. The van der Waals surface area contributed by atoms with Crippen LogP contribution in [0.2, 0.25) is 0 Å². The van der Waals surface area contributed by atoms with Gasteiger partial charge in [-0.25, -0.2) is 4.79 Å². The molecule has 0 amide bonds. The molecular formula is C12H12BrNO4. The fraction of sp³-hybridized carbons (Fsp3) is 0.417. The number of ether oxygens (including phenoxy) is 1. The molecule has 0 radical (unpaired) electrons. The molecule has 0 N–H and O–H groups in total.